The Morgan fingerprint density at radius 2 is 1.57 bits per heavy atom. The van der Waals surface area contributed by atoms with Gasteiger partial charge in [-0.15, -0.1) is 0 Å². The van der Waals surface area contributed by atoms with Gasteiger partial charge in [-0.05, 0) is 71.2 Å². The zero-order chi connectivity index (χ0) is 39.4. The van der Waals surface area contributed by atoms with Gasteiger partial charge in [-0.3, -0.25) is 19.3 Å². The molecule has 0 unspecified atom stereocenters. The smallest absolute Gasteiger partial charge is 0.285 e. The van der Waals surface area contributed by atoms with Crippen LogP contribution in [0.3, 0.4) is 0 Å². The summed E-state index contributed by atoms with van der Waals surface area (Å²) in [6.07, 6.45) is 8.18. The number of hydrogen-bond donors (Lipinski definition) is 1. The van der Waals surface area contributed by atoms with E-state index in [0.717, 1.165) is 39.2 Å². The van der Waals surface area contributed by atoms with Crippen LogP contribution in [0.1, 0.15) is 42.1 Å². The van der Waals surface area contributed by atoms with Crippen molar-refractivity contribution in [2.75, 3.05) is 12.4 Å². The maximum atomic E-state index is 14.3. The van der Waals surface area contributed by atoms with Gasteiger partial charge in [-0.2, -0.15) is 4.99 Å². The van der Waals surface area contributed by atoms with Crippen molar-refractivity contribution in [2.24, 2.45) is 4.99 Å². The number of amides is 3. The highest BCUT2D eigenvalue weighted by Gasteiger charge is 2.35. The molecule has 5 aromatic rings. The molecule has 0 radical (unpaired) electrons. The molecule has 3 amide bonds. The summed E-state index contributed by atoms with van der Waals surface area (Å²) in [5, 5.41) is 5.41. The third kappa shape index (κ3) is 9.45. The van der Waals surface area contributed by atoms with Gasteiger partial charge in [0.05, 0.1) is 18.4 Å². The van der Waals surface area contributed by atoms with Gasteiger partial charge in [-0.25, -0.2) is 0 Å². The summed E-state index contributed by atoms with van der Waals surface area (Å²) < 4.78 is 12.8. The second-order valence-electron chi connectivity index (χ2n) is 12.5. The van der Waals surface area contributed by atoms with E-state index in [2.05, 4.69) is 51.0 Å². The molecule has 1 aliphatic rings. The molecule has 1 aliphatic heterocycles. The number of benzene rings is 5. The van der Waals surface area contributed by atoms with Crippen molar-refractivity contribution in [1.82, 2.24) is 10.2 Å². The molecule has 0 aromatic heterocycles. The maximum absolute atomic E-state index is 14.3. The van der Waals surface area contributed by atoms with E-state index in [0.29, 0.717) is 40.4 Å². The van der Waals surface area contributed by atoms with Crippen LogP contribution >= 0.6 is 27.7 Å². The highest BCUT2D eigenvalue weighted by Crippen LogP contribution is 2.37. The predicted octanol–water partition coefficient (Wildman–Crippen LogP) is 9.97. The number of aliphatic imine (C=N–C) groups is 1. The van der Waals surface area contributed by atoms with Crippen LogP contribution in [-0.4, -0.2) is 40.1 Å². The van der Waals surface area contributed by atoms with E-state index in [1.165, 1.54) is 11.0 Å². The Hall–Kier alpha value is -5.97. The summed E-state index contributed by atoms with van der Waals surface area (Å²) in [5.74, 6) is -0.771. The summed E-state index contributed by atoms with van der Waals surface area (Å²) in [4.78, 5) is 47.2. The van der Waals surface area contributed by atoms with Crippen molar-refractivity contribution >= 4 is 67.4 Å². The fraction of sp³-hybridized carbons (Fsp3) is 0.130. The standard InChI is InChI=1S/C46H40BrN3O5S/c1-4-7-24-36(5-2)50-45(53)38(44(52)49-46(50)56-30-42(51)48-43(32-18-10-8-11-19-32)33-20-12-9-13-21-33)26-35-27-40(54-6-3)41(28-39(35)47)55-29-34-23-16-22-31-17-14-15-25-37(31)34/h4-5,7-28,43H,1,6,29-30H2,2-3H3,(H,48,51)/b24-7-,36-5+,38-26+. The average Bonchev–Trinajstić information content (AvgIpc) is 3.22. The number of ether oxygens (including phenoxy) is 2. The monoisotopic (exact) mass is 825 g/mol. The van der Waals surface area contributed by atoms with Gasteiger partial charge < -0.3 is 14.8 Å². The van der Waals surface area contributed by atoms with Crippen molar-refractivity contribution in [2.45, 2.75) is 26.5 Å². The Kier molecular flexibility index (Phi) is 13.5. The number of hydrogen-bond acceptors (Lipinski definition) is 6. The Morgan fingerprint density at radius 3 is 2.25 bits per heavy atom. The van der Waals surface area contributed by atoms with E-state index in [1.807, 2.05) is 91.9 Å². The molecule has 0 saturated carbocycles. The topological polar surface area (TPSA) is 97.3 Å². The summed E-state index contributed by atoms with van der Waals surface area (Å²) in [6.45, 7) is 8.07. The molecule has 0 fully saturated rings. The van der Waals surface area contributed by atoms with Crippen LogP contribution in [0.5, 0.6) is 11.5 Å². The van der Waals surface area contributed by atoms with Crippen LogP contribution < -0.4 is 14.8 Å². The normalized spacial score (nSPS) is 14.1. The van der Waals surface area contributed by atoms with Crippen LogP contribution in [-0.2, 0) is 21.0 Å². The Labute approximate surface area is 339 Å². The number of carbonyl (C=O) groups excluding carboxylic acids is 3. The van der Waals surface area contributed by atoms with E-state index in [1.54, 1.807) is 43.4 Å². The summed E-state index contributed by atoms with van der Waals surface area (Å²) in [5.41, 5.74) is 3.67. The molecule has 56 heavy (non-hydrogen) atoms. The van der Waals surface area contributed by atoms with Crippen molar-refractivity contribution < 1.29 is 23.9 Å². The molecule has 1 heterocycles. The number of allylic oxidation sites excluding steroid dienone is 4. The molecule has 10 heteroatoms. The van der Waals surface area contributed by atoms with Gasteiger partial charge in [-0.1, -0.05) is 156 Å². The van der Waals surface area contributed by atoms with Crippen LogP contribution in [0.25, 0.3) is 16.8 Å². The van der Waals surface area contributed by atoms with Crippen molar-refractivity contribution in [3.63, 3.8) is 0 Å². The first-order chi connectivity index (χ1) is 27.3. The number of nitrogens with one attached hydrogen (secondary N) is 1. The maximum Gasteiger partial charge on any atom is 0.285 e. The Bertz CT molecular complexity index is 2330. The largest absolute Gasteiger partial charge is 0.490 e. The third-order valence-electron chi connectivity index (χ3n) is 8.84. The molecule has 0 atom stereocenters. The molecular formula is C46H40BrN3O5S. The fourth-order valence-electron chi connectivity index (χ4n) is 6.17. The molecule has 0 saturated heterocycles. The molecule has 0 spiro atoms. The predicted molar refractivity (Wildman–Crippen MR) is 229 cm³/mol. The number of carbonyl (C=O) groups is 3. The summed E-state index contributed by atoms with van der Waals surface area (Å²) in [6, 6.07) is 36.6. The van der Waals surface area contributed by atoms with Crippen molar-refractivity contribution in [3.05, 3.63) is 184 Å². The second kappa shape index (κ2) is 19.1. The number of amidine groups is 1. The van der Waals surface area contributed by atoms with Gasteiger partial charge in [0.2, 0.25) is 5.91 Å². The van der Waals surface area contributed by atoms with Crippen LogP contribution in [0.2, 0.25) is 0 Å². The van der Waals surface area contributed by atoms with E-state index >= 15 is 0 Å². The Balaban J connectivity index is 1.27. The number of nitrogens with zero attached hydrogens (tertiary/aromatic N) is 2. The molecule has 0 aliphatic carbocycles. The number of halogens is 1. The Morgan fingerprint density at radius 1 is 0.911 bits per heavy atom. The van der Waals surface area contributed by atoms with E-state index in [9.17, 15) is 14.4 Å². The molecule has 8 nitrogen and oxygen atoms in total. The highest BCUT2D eigenvalue weighted by atomic mass is 79.9. The average molecular weight is 827 g/mol. The molecule has 1 N–H and O–H groups in total. The number of thioether (sulfide) groups is 1. The lowest BCUT2D eigenvalue weighted by Gasteiger charge is -2.28. The number of rotatable bonds is 14. The van der Waals surface area contributed by atoms with Gasteiger partial charge >= 0.3 is 0 Å². The molecule has 6 rings (SSSR count). The zero-order valence-electron chi connectivity index (χ0n) is 31.0. The third-order valence-corrected chi connectivity index (χ3v) is 10.5. The van der Waals surface area contributed by atoms with Crippen LogP contribution in [0.15, 0.2) is 167 Å². The van der Waals surface area contributed by atoms with Crippen LogP contribution in [0.4, 0.5) is 0 Å². The van der Waals surface area contributed by atoms with E-state index < -0.39 is 17.9 Å². The van der Waals surface area contributed by atoms with Crippen LogP contribution in [0, 0.1) is 0 Å². The lowest BCUT2D eigenvalue weighted by Crippen LogP contribution is -2.42. The van der Waals surface area contributed by atoms with Crippen molar-refractivity contribution in [3.8, 4) is 11.5 Å². The molecule has 282 valence electrons. The SMILES string of the molecule is C=C/C=C\C(=C/C)N1C(=O)/C(=C/c2cc(OCC)c(OCc3cccc4ccccc34)cc2Br)C(=O)N=C1SCC(=O)NC(c1ccccc1)c1ccccc1. The first-order valence-corrected chi connectivity index (χ1v) is 19.8. The minimum atomic E-state index is -0.732. The van der Waals surface area contributed by atoms with E-state index in [4.69, 9.17) is 9.47 Å². The quantitative estimate of drug-likeness (QED) is 0.0681. The van der Waals surface area contributed by atoms with Gasteiger partial charge in [0.1, 0.15) is 12.2 Å². The molecular weight excluding hydrogens is 786 g/mol. The summed E-state index contributed by atoms with van der Waals surface area (Å²) in [7, 11) is 0. The number of fused-ring (bicyclic) bond motifs is 1. The minimum Gasteiger partial charge on any atom is -0.490 e. The second-order valence-corrected chi connectivity index (χ2v) is 14.3. The first-order valence-electron chi connectivity index (χ1n) is 18.0. The highest BCUT2D eigenvalue weighted by molar-refractivity contribution is 9.10. The van der Waals surface area contributed by atoms with Crippen molar-refractivity contribution in [1.29, 1.82) is 0 Å². The van der Waals surface area contributed by atoms with E-state index in [-0.39, 0.29) is 22.4 Å². The summed E-state index contributed by atoms with van der Waals surface area (Å²) >= 11 is 4.63. The lowest BCUT2D eigenvalue weighted by atomic mass is 9.99. The first kappa shape index (κ1) is 39.7. The van der Waals surface area contributed by atoms with Gasteiger partial charge in [0.25, 0.3) is 11.8 Å². The lowest BCUT2D eigenvalue weighted by molar-refractivity contribution is -0.126. The minimum absolute atomic E-state index is 0.0799. The van der Waals surface area contributed by atoms with Gasteiger partial charge in [0, 0.05) is 10.2 Å². The fourth-order valence-corrected chi connectivity index (χ4v) is 7.41. The molecule has 0 bridgehead atoms. The molecule has 5 aromatic carbocycles. The zero-order valence-corrected chi connectivity index (χ0v) is 33.4. The van der Waals surface area contributed by atoms with Gasteiger partial charge in [0.15, 0.2) is 16.7 Å².